The Morgan fingerprint density at radius 3 is 2.85 bits per heavy atom. The number of hydrogen-bond acceptors (Lipinski definition) is 3. The quantitative estimate of drug-likeness (QED) is 0.790. The molecule has 0 aliphatic heterocycles. The first-order chi connectivity index (χ1) is 6.20. The molecule has 1 heterocycles. The zero-order valence-corrected chi connectivity index (χ0v) is 8.45. The summed E-state index contributed by atoms with van der Waals surface area (Å²) < 4.78 is 6.01. The third kappa shape index (κ3) is 1.45. The van der Waals surface area contributed by atoms with E-state index in [0.29, 0.717) is 15.8 Å². The van der Waals surface area contributed by atoms with Crippen LogP contribution in [0.5, 0.6) is 10.8 Å². The Hall–Kier alpha value is -0.930. The van der Waals surface area contributed by atoms with E-state index in [-0.39, 0.29) is 0 Å². The van der Waals surface area contributed by atoms with Crippen LogP contribution in [0.4, 0.5) is 0 Å². The smallest absolute Gasteiger partial charge is 0.172 e. The lowest BCUT2D eigenvalue weighted by Crippen LogP contribution is -1.82. The van der Waals surface area contributed by atoms with Gasteiger partial charge in [-0.1, -0.05) is 22.9 Å². The Bertz CT molecular complexity index is 450. The van der Waals surface area contributed by atoms with Crippen LogP contribution in [-0.2, 0) is 0 Å². The first-order valence-electron chi connectivity index (χ1n) is 3.67. The number of thiophene rings is 1. The standard InChI is InChI=1S/C9H7ClO2S/c1-12-7-2-5-3-9(11)13-8(5)4-6(7)10/h2-4,11H,1H3. The summed E-state index contributed by atoms with van der Waals surface area (Å²) in [6, 6.07) is 5.30. The van der Waals surface area contributed by atoms with Crippen LogP contribution in [0.3, 0.4) is 0 Å². The molecule has 0 amide bonds. The number of fused-ring (bicyclic) bond motifs is 1. The van der Waals surface area contributed by atoms with Gasteiger partial charge >= 0.3 is 0 Å². The summed E-state index contributed by atoms with van der Waals surface area (Å²) in [4.78, 5) is 0. The van der Waals surface area contributed by atoms with E-state index in [2.05, 4.69) is 0 Å². The molecule has 2 nitrogen and oxygen atoms in total. The zero-order chi connectivity index (χ0) is 9.42. The molecule has 2 aromatic rings. The molecule has 0 radical (unpaired) electrons. The van der Waals surface area contributed by atoms with Gasteiger partial charge in [-0.05, 0) is 18.2 Å². The lowest BCUT2D eigenvalue weighted by atomic mass is 10.2. The van der Waals surface area contributed by atoms with Crippen molar-refractivity contribution in [2.45, 2.75) is 0 Å². The second-order valence-electron chi connectivity index (χ2n) is 2.61. The fourth-order valence-corrected chi connectivity index (χ4v) is 2.31. The number of hydrogen-bond donors (Lipinski definition) is 1. The van der Waals surface area contributed by atoms with E-state index in [1.54, 1.807) is 19.2 Å². The maximum absolute atomic E-state index is 9.25. The molecule has 0 bridgehead atoms. The van der Waals surface area contributed by atoms with Crippen molar-refractivity contribution in [2.75, 3.05) is 7.11 Å². The first kappa shape index (κ1) is 8.66. The Balaban J connectivity index is 2.72. The van der Waals surface area contributed by atoms with E-state index in [1.165, 1.54) is 11.3 Å². The molecular weight excluding hydrogens is 208 g/mol. The fourth-order valence-electron chi connectivity index (χ4n) is 1.18. The van der Waals surface area contributed by atoms with Gasteiger partial charge in [-0.3, -0.25) is 0 Å². The molecule has 1 N–H and O–H groups in total. The molecule has 13 heavy (non-hydrogen) atoms. The Morgan fingerprint density at radius 2 is 2.15 bits per heavy atom. The summed E-state index contributed by atoms with van der Waals surface area (Å²) in [6.45, 7) is 0. The van der Waals surface area contributed by atoms with Crippen LogP contribution in [0.1, 0.15) is 0 Å². The van der Waals surface area contributed by atoms with E-state index in [4.69, 9.17) is 16.3 Å². The Morgan fingerprint density at radius 1 is 1.38 bits per heavy atom. The molecule has 0 unspecified atom stereocenters. The summed E-state index contributed by atoms with van der Waals surface area (Å²) in [7, 11) is 1.57. The topological polar surface area (TPSA) is 29.5 Å². The summed E-state index contributed by atoms with van der Waals surface area (Å²) in [6.07, 6.45) is 0. The van der Waals surface area contributed by atoms with Crippen molar-refractivity contribution in [1.29, 1.82) is 0 Å². The highest BCUT2D eigenvalue weighted by molar-refractivity contribution is 7.20. The number of methoxy groups -OCH3 is 1. The highest BCUT2D eigenvalue weighted by Gasteiger charge is 2.06. The predicted molar refractivity (Wildman–Crippen MR) is 55.1 cm³/mol. The molecule has 1 aromatic heterocycles. The van der Waals surface area contributed by atoms with Gasteiger partial charge in [-0.15, -0.1) is 0 Å². The molecule has 2 rings (SSSR count). The molecule has 4 heteroatoms. The van der Waals surface area contributed by atoms with Gasteiger partial charge in [0.15, 0.2) is 5.06 Å². The zero-order valence-electron chi connectivity index (χ0n) is 6.87. The highest BCUT2D eigenvalue weighted by atomic mass is 35.5. The van der Waals surface area contributed by atoms with Crippen molar-refractivity contribution in [3.05, 3.63) is 23.2 Å². The summed E-state index contributed by atoms with van der Waals surface area (Å²) in [5.74, 6) is 0.631. The minimum absolute atomic E-state index is 0.291. The number of aromatic hydroxyl groups is 1. The molecule has 0 saturated carbocycles. The molecule has 0 saturated heterocycles. The van der Waals surface area contributed by atoms with Gasteiger partial charge in [0.2, 0.25) is 0 Å². The molecule has 0 spiro atoms. The fraction of sp³-hybridized carbons (Fsp3) is 0.111. The van der Waals surface area contributed by atoms with Gasteiger partial charge in [-0.2, -0.15) is 0 Å². The largest absolute Gasteiger partial charge is 0.499 e. The summed E-state index contributed by atoms with van der Waals surface area (Å²) in [5.41, 5.74) is 0. The van der Waals surface area contributed by atoms with Gasteiger partial charge in [-0.25, -0.2) is 0 Å². The lowest BCUT2D eigenvalue weighted by Gasteiger charge is -2.01. The van der Waals surface area contributed by atoms with E-state index in [0.717, 1.165) is 10.1 Å². The predicted octanol–water partition coefficient (Wildman–Crippen LogP) is 3.27. The molecule has 0 fully saturated rings. The van der Waals surface area contributed by atoms with Gasteiger partial charge in [0.1, 0.15) is 5.75 Å². The lowest BCUT2D eigenvalue weighted by molar-refractivity contribution is 0.415. The highest BCUT2D eigenvalue weighted by Crippen LogP contribution is 2.36. The minimum atomic E-state index is 0.291. The number of ether oxygens (including phenoxy) is 1. The SMILES string of the molecule is COc1cc2cc(O)sc2cc1Cl. The van der Waals surface area contributed by atoms with Crippen molar-refractivity contribution in [3.63, 3.8) is 0 Å². The maximum atomic E-state index is 9.25. The monoisotopic (exact) mass is 214 g/mol. The Kier molecular flexibility index (Phi) is 2.06. The third-order valence-electron chi connectivity index (χ3n) is 1.78. The van der Waals surface area contributed by atoms with E-state index >= 15 is 0 Å². The van der Waals surface area contributed by atoms with Crippen molar-refractivity contribution >= 4 is 33.0 Å². The minimum Gasteiger partial charge on any atom is -0.499 e. The van der Waals surface area contributed by atoms with Crippen LogP contribution in [0, 0.1) is 0 Å². The normalized spacial score (nSPS) is 10.6. The molecule has 0 atom stereocenters. The molecule has 0 aliphatic carbocycles. The van der Waals surface area contributed by atoms with Crippen molar-refractivity contribution in [3.8, 4) is 10.8 Å². The van der Waals surface area contributed by atoms with Crippen LogP contribution in [0.15, 0.2) is 18.2 Å². The van der Waals surface area contributed by atoms with Crippen molar-refractivity contribution < 1.29 is 9.84 Å². The first-order valence-corrected chi connectivity index (χ1v) is 4.86. The van der Waals surface area contributed by atoms with E-state index < -0.39 is 0 Å². The molecule has 1 aromatic carbocycles. The van der Waals surface area contributed by atoms with Crippen LogP contribution < -0.4 is 4.74 Å². The number of benzene rings is 1. The van der Waals surface area contributed by atoms with E-state index in [1.807, 2.05) is 6.07 Å². The van der Waals surface area contributed by atoms with Crippen molar-refractivity contribution in [1.82, 2.24) is 0 Å². The maximum Gasteiger partial charge on any atom is 0.172 e. The second kappa shape index (κ2) is 3.09. The average Bonchev–Trinajstić information content (AvgIpc) is 2.42. The summed E-state index contributed by atoms with van der Waals surface area (Å²) in [5, 5.41) is 11.1. The molecular formula is C9H7ClO2S. The Labute approximate surface area is 84.3 Å². The van der Waals surface area contributed by atoms with E-state index in [9.17, 15) is 5.11 Å². The number of rotatable bonds is 1. The van der Waals surface area contributed by atoms with Crippen LogP contribution >= 0.6 is 22.9 Å². The van der Waals surface area contributed by atoms with Gasteiger partial charge in [0, 0.05) is 10.1 Å². The average molecular weight is 215 g/mol. The van der Waals surface area contributed by atoms with Crippen molar-refractivity contribution in [2.24, 2.45) is 0 Å². The number of halogens is 1. The third-order valence-corrected chi connectivity index (χ3v) is 2.97. The van der Waals surface area contributed by atoms with Gasteiger partial charge in [0.05, 0.1) is 12.1 Å². The molecule has 68 valence electrons. The summed E-state index contributed by atoms with van der Waals surface area (Å²) >= 11 is 7.21. The second-order valence-corrected chi connectivity index (χ2v) is 4.08. The van der Waals surface area contributed by atoms with Crippen LogP contribution in [0.2, 0.25) is 5.02 Å². The van der Waals surface area contributed by atoms with Gasteiger partial charge in [0.25, 0.3) is 0 Å². The molecule has 0 aliphatic rings. The van der Waals surface area contributed by atoms with Crippen LogP contribution in [0.25, 0.3) is 10.1 Å². The van der Waals surface area contributed by atoms with Crippen LogP contribution in [-0.4, -0.2) is 12.2 Å². The van der Waals surface area contributed by atoms with Gasteiger partial charge < -0.3 is 9.84 Å².